The van der Waals surface area contributed by atoms with Gasteiger partial charge in [-0.15, -0.1) is 0 Å². The van der Waals surface area contributed by atoms with Gasteiger partial charge >= 0.3 is 5.97 Å². The normalized spacial score (nSPS) is 25.1. The fraction of sp³-hybridized carbons (Fsp3) is 0.542. The van der Waals surface area contributed by atoms with Gasteiger partial charge in [-0.05, 0) is 52.6 Å². The van der Waals surface area contributed by atoms with E-state index in [1.165, 1.54) is 18.2 Å². The number of aryl methyl sites for hydroxylation is 2. The number of ether oxygens (including phenoxy) is 3. The Morgan fingerprint density at radius 1 is 1.21 bits per heavy atom. The van der Waals surface area contributed by atoms with E-state index in [-0.39, 0.29) is 13.0 Å². The van der Waals surface area contributed by atoms with E-state index in [0.717, 1.165) is 16.7 Å². The second-order valence-corrected chi connectivity index (χ2v) is 8.63. The molecule has 0 bridgehead atoms. The standard InChI is InChI=1S/C24H31N3O6/c1-13(2)16-7-6-15(17-9-5-14(3)18(17)11-16)8-10-20(28)33-23-22(30)21(29)19(12-26-27-25)32-24(23)31-4/h5-7,9,11,13,19,21-24,29-30H,8,10,12H2,1-4H3/t19-,21-,22+,23+,24+/m1/s1. The van der Waals surface area contributed by atoms with Crippen LogP contribution in [0.4, 0.5) is 0 Å². The maximum absolute atomic E-state index is 12.7. The van der Waals surface area contributed by atoms with Crippen LogP contribution < -0.4 is 0 Å². The molecular weight excluding hydrogens is 426 g/mol. The number of carbonyl (C=O) groups is 1. The van der Waals surface area contributed by atoms with Crippen LogP contribution >= 0.6 is 0 Å². The van der Waals surface area contributed by atoms with E-state index in [9.17, 15) is 15.0 Å². The van der Waals surface area contributed by atoms with Crippen molar-refractivity contribution >= 4 is 5.97 Å². The molecule has 0 radical (unpaired) electrons. The van der Waals surface area contributed by atoms with Gasteiger partial charge in [0.2, 0.25) is 0 Å². The van der Waals surface area contributed by atoms with Crippen molar-refractivity contribution in [1.29, 1.82) is 0 Å². The Balaban J connectivity index is 1.70. The van der Waals surface area contributed by atoms with E-state index in [1.54, 1.807) is 0 Å². The second kappa shape index (κ2) is 11.0. The van der Waals surface area contributed by atoms with Crippen molar-refractivity contribution in [3.05, 3.63) is 57.5 Å². The quantitative estimate of drug-likeness (QED) is 0.270. The zero-order valence-electron chi connectivity index (χ0n) is 19.3. The lowest BCUT2D eigenvalue weighted by molar-refractivity contribution is -0.291. The fourth-order valence-corrected chi connectivity index (χ4v) is 4.09. The Kier molecular flexibility index (Phi) is 8.29. The number of esters is 1. The van der Waals surface area contributed by atoms with E-state index in [0.29, 0.717) is 12.3 Å². The van der Waals surface area contributed by atoms with Crippen molar-refractivity contribution < 1.29 is 29.2 Å². The molecule has 0 aromatic carbocycles. The van der Waals surface area contributed by atoms with Gasteiger partial charge in [-0.1, -0.05) is 49.3 Å². The monoisotopic (exact) mass is 457 g/mol. The topological polar surface area (TPSA) is 134 Å². The number of methoxy groups -OCH3 is 1. The Hall–Kier alpha value is -2.68. The molecule has 1 aliphatic heterocycles. The van der Waals surface area contributed by atoms with E-state index < -0.39 is 36.7 Å². The van der Waals surface area contributed by atoms with Gasteiger partial charge < -0.3 is 24.4 Å². The zero-order valence-corrected chi connectivity index (χ0v) is 19.3. The largest absolute Gasteiger partial charge is 0.454 e. The number of aliphatic hydroxyl groups is 2. The number of hydrogen-bond donors (Lipinski definition) is 2. The third-order valence-corrected chi connectivity index (χ3v) is 6.08. The van der Waals surface area contributed by atoms with Crippen molar-refractivity contribution in [3.8, 4) is 11.1 Å². The van der Waals surface area contributed by atoms with Crippen LogP contribution in [-0.2, 0) is 25.4 Å². The Morgan fingerprint density at radius 2 is 1.97 bits per heavy atom. The minimum Gasteiger partial charge on any atom is -0.454 e. The van der Waals surface area contributed by atoms with Crippen LogP contribution in [0, 0.1) is 6.92 Å². The summed E-state index contributed by atoms with van der Waals surface area (Å²) in [6.45, 7) is 6.17. The summed E-state index contributed by atoms with van der Waals surface area (Å²) in [5.74, 6) is -0.169. The summed E-state index contributed by atoms with van der Waals surface area (Å²) in [6.07, 6.45) is -5.58. The maximum Gasteiger partial charge on any atom is 0.306 e. The highest BCUT2D eigenvalue weighted by molar-refractivity contribution is 5.75. The van der Waals surface area contributed by atoms with E-state index in [1.807, 2.05) is 6.07 Å². The lowest BCUT2D eigenvalue weighted by Crippen LogP contribution is -2.60. The summed E-state index contributed by atoms with van der Waals surface area (Å²) in [7, 11) is 1.34. The second-order valence-electron chi connectivity index (χ2n) is 8.63. The summed E-state index contributed by atoms with van der Waals surface area (Å²) in [6, 6.07) is 10.5. The van der Waals surface area contributed by atoms with Crippen molar-refractivity contribution in [3.63, 3.8) is 0 Å². The van der Waals surface area contributed by atoms with Gasteiger partial charge in [-0.3, -0.25) is 4.79 Å². The third-order valence-electron chi connectivity index (χ3n) is 6.08. The van der Waals surface area contributed by atoms with Gasteiger partial charge in [0.15, 0.2) is 12.4 Å². The van der Waals surface area contributed by atoms with Crippen molar-refractivity contribution in [2.24, 2.45) is 5.11 Å². The van der Waals surface area contributed by atoms with E-state index >= 15 is 0 Å². The van der Waals surface area contributed by atoms with Gasteiger partial charge in [-0.2, -0.15) is 0 Å². The Bertz CT molecular complexity index is 988. The molecule has 9 nitrogen and oxygen atoms in total. The minimum atomic E-state index is -1.45. The summed E-state index contributed by atoms with van der Waals surface area (Å²) in [4.78, 5) is 15.3. The summed E-state index contributed by atoms with van der Waals surface area (Å²) < 4.78 is 16.2. The third kappa shape index (κ3) is 5.63. The molecule has 1 fully saturated rings. The number of carbonyl (C=O) groups excluding carboxylic acids is 1. The van der Waals surface area contributed by atoms with Crippen molar-refractivity contribution in [2.75, 3.05) is 13.7 Å². The first-order chi connectivity index (χ1) is 15.8. The highest BCUT2D eigenvalue weighted by atomic mass is 16.7. The first kappa shape index (κ1) is 25.0. The van der Waals surface area contributed by atoms with Crippen LogP contribution in [0.25, 0.3) is 21.6 Å². The molecule has 33 heavy (non-hydrogen) atoms. The van der Waals surface area contributed by atoms with Gasteiger partial charge in [0.1, 0.15) is 12.2 Å². The fourth-order valence-electron chi connectivity index (χ4n) is 4.09. The molecule has 0 unspecified atom stereocenters. The predicted octanol–water partition coefficient (Wildman–Crippen LogP) is 3.47. The van der Waals surface area contributed by atoms with Crippen LogP contribution in [0.15, 0.2) is 35.4 Å². The lowest BCUT2D eigenvalue weighted by atomic mass is 9.98. The zero-order chi connectivity index (χ0) is 24.1. The first-order valence-corrected chi connectivity index (χ1v) is 11.0. The van der Waals surface area contributed by atoms with Gasteiger partial charge in [0, 0.05) is 18.4 Å². The average Bonchev–Trinajstić information content (AvgIpc) is 3.03. The molecule has 9 heteroatoms. The molecule has 1 saturated heterocycles. The number of nitrogens with zero attached hydrogens (tertiary/aromatic N) is 3. The molecule has 3 rings (SSSR count). The molecule has 3 aliphatic rings. The van der Waals surface area contributed by atoms with Crippen LogP contribution in [0.5, 0.6) is 0 Å². The van der Waals surface area contributed by atoms with Gasteiger partial charge in [0.25, 0.3) is 0 Å². The molecular formula is C24H31N3O6. The van der Waals surface area contributed by atoms with E-state index in [4.69, 9.17) is 19.7 Å². The molecule has 2 N–H and O–H groups in total. The minimum absolute atomic E-state index is 0.0816. The smallest absolute Gasteiger partial charge is 0.306 e. The predicted molar refractivity (Wildman–Crippen MR) is 122 cm³/mol. The van der Waals surface area contributed by atoms with Crippen LogP contribution in [-0.4, -0.2) is 60.5 Å². The highest BCUT2D eigenvalue weighted by Gasteiger charge is 2.46. The number of fused-ring (bicyclic) bond motifs is 1. The molecule has 0 saturated carbocycles. The molecule has 5 atom stereocenters. The van der Waals surface area contributed by atoms with Crippen molar-refractivity contribution in [2.45, 2.75) is 70.2 Å². The van der Waals surface area contributed by atoms with Gasteiger partial charge in [-0.25, -0.2) is 0 Å². The summed E-state index contributed by atoms with van der Waals surface area (Å²) >= 11 is 0. The molecule has 178 valence electrons. The lowest BCUT2D eigenvalue weighted by Gasteiger charge is -2.41. The Morgan fingerprint density at radius 3 is 2.64 bits per heavy atom. The first-order valence-electron chi connectivity index (χ1n) is 11.0. The molecule has 0 spiro atoms. The number of aliphatic hydroxyl groups excluding tert-OH is 2. The highest BCUT2D eigenvalue weighted by Crippen LogP contribution is 2.33. The van der Waals surface area contributed by atoms with Crippen LogP contribution in [0.1, 0.15) is 42.9 Å². The summed E-state index contributed by atoms with van der Waals surface area (Å²) in [5.41, 5.74) is 14.2. The summed E-state index contributed by atoms with van der Waals surface area (Å²) in [5, 5.41) is 24.1. The SMILES string of the molecule is CO[C@H]1O[C@H](CN=[N+]=[N-])[C@@H](O)[C@H](O)[C@@H]1OC(=O)CCc1ccc(C(C)C)cc2c(C)ccc1-2. The average molecular weight is 458 g/mol. The Labute approximate surface area is 193 Å². The number of azide groups is 1. The van der Waals surface area contributed by atoms with Crippen LogP contribution in [0.3, 0.4) is 0 Å². The number of hydrogen-bond acceptors (Lipinski definition) is 7. The molecule has 0 aromatic rings. The molecule has 0 aromatic heterocycles. The molecule has 1 heterocycles. The van der Waals surface area contributed by atoms with Crippen LogP contribution in [0.2, 0.25) is 0 Å². The number of rotatable bonds is 8. The molecule has 2 aliphatic carbocycles. The maximum atomic E-state index is 12.7. The van der Waals surface area contributed by atoms with Gasteiger partial charge in [0.05, 0.1) is 12.6 Å². The molecule has 0 amide bonds. The van der Waals surface area contributed by atoms with Crippen molar-refractivity contribution in [1.82, 2.24) is 0 Å². The van der Waals surface area contributed by atoms with E-state index in [2.05, 4.69) is 55.1 Å².